The average Bonchev–Trinajstić information content (AvgIpc) is 3.08. The van der Waals surface area contributed by atoms with E-state index >= 15 is 0 Å². The van der Waals surface area contributed by atoms with Crippen molar-refractivity contribution < 1.29 is 4.74 Å². The first kappa shape index (κ1) is 10.2. The number of ether oxygens (including phenoxy) is 1. The molecule has 1 aliphatic carbocycles. The second-order valence-corrected chi connectivity index (χ2v) is 3.90. The SMILES string of the molecule is C=CCOc1cccc(CNC2CC2)c1. The lowest BCUT2D eigenvalue weighted by molar-refractivity contribution is 0.362. The Bertz CT molecular complexity index is 331. The molecule has 2 nitrogen and oxygen atoms in total. The van der Waals surface area contributed by atoms with Crippen molar-refractivity contribution in [3.8, 4) is 5.75 Å². The molecule has 1 fully saturated rings. The van der Waals surface area contributed by atoms with E-state index < -0.39 is 0 Å². The summed E-state index contributed by atoms with van der Waals surface area (Å²) in [5.74, 6) is 0.921. The van der Waals surface area contributed by atoms with Crippen LogP contribution in [0.25, 0.3) is 0 Å². The Hall–Kier alpha value is -1.28. The first-order valence-electron chi connectivity index (χ1n) is 5.44. The summed E-state index contributed by atoms with van der Waals surface area (Å²) >= 11 is 0. The molecule has 0 amide bonds. The van der Waals surface area contributed by atoms with E-state index in [4.69, 9.17) is 4.74 Å². The lowest BCUT2D eigenvalue weighted by atomic mass is 10.2. The maximum atomic E-state index is 5.47. The Morgan fingerprint density at radius 2 is 2.33 bits per heavy atom. The van der Waals surface area contributed by atoms with Crippen molar-refractivity contribution in [3.05, 3.63) is 42.5 Å². The molecule has 1 N–H and O–H groups in total. The molecular weight excluding hydrogens is 186 g/mol. The molecule has 0 aromatic heterocycles. The van der Waals surface area contributed by atoms with E-state index in [0.29, 0.717) is 6.61 Å². The fourth-order valence-corrected chi connectivity index (χ4v) is 1.45. The van der Waals surface area contributed by atoms with Gasteiger partial charge < -0.3 is 10.1 Å². The van der Waals surface area contributed by atoms with Gasteiger partial charge in [-0.3, -0.25) is 0 Å². The Labute approximate surface area is 91.0 Å². The molecule has 2 rings (SSSR count). The third-order valence-electron chi connectivity index (χ3n) is 2.44. The van der Waals surface area contributed by atoms with E-state index in [1.807, 2.05) is 12.1 Å². The van der Waals surface area contributed by atoms with E-state index in [-0.39, 0.29) is 0 Å². The summed E-state index contributed by atoms with van der Waals surface area (Å²) in [6.07, 6.45) is 4.41. The highest BCUT2D eigenvalue weighted by Gasteiger charge is 2.19. The Kier molecular flexibility index (Phi) is 3.41. The highest BCUT2D eigenvalue weighted by atomic mass is 16.5. The van der Waals surface area contributed by atoms with E-state index in [1.165, 1.54) is 18.4 Å². The lowest BCUT2D eigenvalue weighted by Crippen LogP contribution is -2.15. The minimum Gasteiger partial charge on any atom is -0.490 e. The molecule has 0 radical (unpaired) electrons. The zero-order valence-corrected chi connectivity index (χ0v) is 8.91. The molecule has 80 valence electrons. The third kappa shape index (κ3) is 3.40. The summed E-state index contributed by atoms with van der Waals surface area (Å²) < 4.78 is 5.47. The summed E-state index contributed by atoms with van der Waals surface area (Å²) in [6, 6.07) is 8.96. The standard InChI is InChI=1S/C13H17NO/c1-2-8-15-13-5-3-4-11(9-13)10-14-12-6-7-12/h2-5,9,12,14H,1,6-8,10H2. The van der Waals surface area contributed by atoms with Crippen molar-refractivity contribution >= 4 is 0 Å². The molecule has 1 saturated carbocycles. The molecular formula is C13H17NO. The van der Waals surface area contributed by atoms with Gasteiger partial charge in [0.25, 0.3) is 0 Å². The van der Waals surface area contributed by atoms with Crippen LogP contribution in [-0.4, -0.2) is 12.6 Å². The quantitative estimate of drug-likeness (QED) is 0.717. The molecule has 1 aliphatic rings. The van der Waals surface area contributed by atoms with Gasteiger partial charge in [-0.05, 0) is 30.5 Å². The van der Waals surface area contributed by atoms with E-state index in [1.54, 1.807) is 6.08 Å². The second kappa shape index (κ2) is 4.99. The highest BCUT2D eigenvalue weighted by molar-refractivity contribution is 5.28. The van der Waals surface area contributed by atoms with Crippen LogP contribution < -0.4 is 10.1 Å². The van der Waals surface area contributed by atoms with Crippen LogP contribution in [0.4, 0.5) is 0 Å². The van der Waals surface area contributed by atoms with Crippen LogP contribution in [0.3, 0.4) is 0 Å². The van der Waals surface area contributed by atoms with Gasteiger partial charge in [0.05, 0.1) is 0 Å². The van der Waals surface area contributed by atoms with Crippen LogP contribution in [0, 0.1) is 0 Å². The van der Waals surface area contributed by atoms with Crippen LogP contribution >= 0.6 is 0 Å². The van der Waals surface area contributed by atoms with Crippen molar-refractivity contribution in [2.45, 2.75) is 25.4 Å². The van der Waals surface area contributed by atoms with Gasteiger partial charge in [-0.2, -0.15) is 0 Å². The Morgan fingerprint density at radius 1 is 1.47 bits per heavy atom. The number of benzene rings is 1. The van der Waals surface area contributed by atoms with Crippen LogP contribution in [0.1, 0.15) is 18.4 Å². The van der Waals surface area contributed by atoms with Crippen molar-refractivity contribution in [2.75, 3.05) is 6.61 Å². The van der Waals surface area contributed by atoms with Crippen LogP contribution in [0.15, 0.2) is 36.9 Å². The van der Waals surface area contributed by atoms with E-state index in [2.05, 4.69) is 24.0 Å². The summed E-state index contributed by atoms with van der Waals surface area (Å²) in [4.78, 5) is 0. The van der Waals surface area contributed by atoms with E-state index in [9.17, 15) is 0 Å². The summed E-state index contributed by atoms with van der Waals surface area (Å²) in [5, 5.41) is 3.48. The molecule has 0 saturated heterocycles. The third-order valence-corrected chi connectivity index (χ3v) is 2.44. The fourth-order valence-electron chi connectivity index (χ4n) is 1.45. The molecule has 0 bridgehead atoms. The van der Waals surface area contributed by atoms with Gasteiger partial charge in [-0.25, -0.2) is 0 Å². The van der Waals surface area contributed by atoms with Crippen LogP contribution in [0.5, 0.6) is 5.75 Å². The topological polar surface area (TPSA) is 21.3 Å². The number of rotatable bonds is 6. The second-order valence-electron chi connectivity index (χ2n) is 3.90. The van der Waals surface area contributed by atoms with Crippen molar-refractivity contribution in [1.82, 2.24) is 5.32 Å². The molecule has 0 atom stereocenters. The zero-order chi connectivity index (χ0) is 10.5. The number of nitrogens with one attached hydrogen (secondary N) is 1. The molecule has 1 aromatic rings. The van der Waals surface area contributed by atoms with Gasteiger partial charge in [0.1, 0.15) is 12.4 Å². The van der Waals surface area contributed by atoms with E-state index in [0.717, 1.165) is 18.3 Å². The first-order valence-corrected chi connectivity index (χ1v) is 5.44. The van der Waals surface area contributed by atoms with Crippen molar-refractivity contribution in [2.24, 2.45) is 0 Å². The predicted molar refractivity (Wildman–Crippen MR) is 62.0 cm³/mol. The van der Waals surface area contributed by atoms with Crippen molar-refractivity contribution in [1.29, 1.82) is 0 Å². The summed E-state index contributed by atoms with van der Waals surface area (Å²) in [7, 11) is 0. The Morgan fingerprint density at radius 3 is 3.07 bits per heavy atom. The zero-order valence-electron chi connectivity index (χ0n) is 8.91. The summed E-state index contributed by atoms with van der Waals surface area (Å²) in [6.45, 7) is 5.14. The minimum atomic E-state index is 0.569. The highest BCUT2D eigenvalue weighted by Crippen LogP contribution is 2.20. The molecule has 15 heavy (non-hydrogen) atoms. The van der Waals surface area contributed by atoms with Gasteiger partial charge in [-0.15, -0.1) is 0 Å². The number of hydrogen-bond acceptors (Lipinski definition) is 2. The molecule has 0 aliphatic heterocycles. The maximum absolute atomic E-state index is 5.47. The monoisotopic (exact) mass is 203 g/mol. The van der Waals surface area contributed by atoms with Crippen LogP contribution in [0.2, 0.25) is 0 Å². The molecule has 2 heteroatoms. The predicted octanol–water partition coefficient (Wildman–Crippen LogP) is 2.50. The molecule has 0 heterocycles. The largest absolute Gasteiger partial charge is 0.490 e. The molecule has 0 spiro atoms. The van der Waals surface area contributed by atoms with Crippen molar-refractivity contribution in [3.63, 3.8) is 0 Å². The Balaban J connectivity index is 1.88. The van der Waals surface area contributed by atoms with Gasteiger partial charge in [0.15, 0.2) is 0 Å². The number of hydrogen-bond donors (Lipinski definition) is 1. The maximum Gasteiger partial charge on any atom is 0.120 e. The average molecular weight is 203 g/mol. The normalized spacial score (nSPS) is 14.9. The van der Waals surface area contributed by atoms with Gasteiger partial charge in [0.2, 0.25) is 0 Å². The molecule has 1 aromatic carbocycles. The fraction of sp³-hybridized carbons (Fsp3) is 0.385. The van der Waals surface area contributed by atoms with Gasteiger partial charge in [0, 0.05) is 12.6 Å². The van der Waals surface area contributed by atoms with Crippen LogP contribution in [-0.2, 0) is 6.54 Å². The van der Waals surface area contributed by atoms with Gasteiger partial charge in [-0.1, -0.05) is 24.8 Å². The van der Waals surface area contributed by atoms with Gasteiger partial charge >= 0.3 is 0 Å². The lowest BCUT2D eigenvalue weighted by Gasteiger charge is -2.06. The smallest absolute Gasteiger partial charge is 0.120 e. The first-order chi connectivity index (χ1) is 7.38. The minimum absolute atomic E-state index is 0.569. The molecule has 0 unspecified atom stereocenters. The summed E-state index contributed by atoms with van der Waals surface area (Å²) in [5.41, 5.74) is 1.28.